The van der Waals surface area contributed by atoms with Crippen LogP contribution in [0.4, 0.5) is 4.39 Å². The standard InChI is InChI=1S/C10H13ClFN/c1-2-10(12,7-13)8-3-5-9(11)6-4-8/h3-6H,2,7,13H2,1H3/t10-/m1/s1. The molecule has 72 valence electrons. The van der Waals surface area contributed by atoms with E-state index < -0.39 is 5.67 Å². The summed E-state index contributed by atoms with van der Waals surface area (Å²) in [6.07, 6.45) is 0.380. The van der Waals surface area contributed by atoms with Crippen LogP contribution in [0.15, 0.2) is 24.3 Å². The van der Waals surface area contributed by atoms with Crippen LogP contribution in [0.25, 0.3) is 0 Å². The fourth-order valence-corrected chi connectivity index (χ4v) is 1.34. The summed E-state index contributed by atoms with van der Waals surface area (Å²) >= 11 is 5.69. The molecule has 3 heteroatoms. The SMILES string of the molecule is CC[C@@](F)(CN)c1ccc(Cl)cc1. The van der Waals surface area contributed by atoms with Crippen molar-refractivity contribution in [3.05, 3.63) is 34.9 Å². The van der Waals surface area contributed by atoms with Crippen molar-refractivity contribution in [1.29, 1.82) is 0 Å². The molecule has 1 aromatic carbocycles. The molecular weight excluding hydrogens is 189 g/mol. The largest absolute Gasteiger partial charge is 0.327 e. The molecule has 0 aromatic heterocycles. The number of alkyl halides is 1. The summed E-state index contributed by atoms with van der Waals surface area (Å²) in [4.78, 5) is 0. The van der Waals surface area contributed by atoms with Crippen molar-refractivity contribution in [3.63, 3.8) is 0 Å². The lowest BCUT2D eigenvalue weighted by molar-refractivity contribution is 0.169. The van der Waals surface area contributed by atoms with E-state index in [1.165, 1.54) is 0 Å². The molecule has 0 heterocycles. The number of rotatable bonds is 3. The molecule has 0 saturated heterocycles. The fraction of sp³-hybridized carbons (Fsp3) is 0.400. The monoisotopic (exact) mass is 201 g/mol. The first-order chi connectivity index (χ1) is 6.12. The van der Waals surface area contributed by atoms with Crippen LogP contribution >= 0.6 is 11.6 Å². The van der Waals surface area contributed by atoms with Crippen molar-refractivity contribution < 1.29 is 4.39 Å². The molecule has 0 aliphatic heterocycles. The molecule has 0 radical (unpaired) electrons. The Kier molecular flexibility index (Phi) is 3.28. The van der Waals surface area contributed by atoms with Crippen LogP contribution in [0.1, 0.15) is 18.9 Å². The maximum Gasteiger partial charge on any atom is 0.147 e. The van der Waals surface area contributed by atoms with Crippen molar-refractivity contribution in [2.75, 3.05) is 6.54 Å². The van der Waals surface area contributed by atoms with Crippen LogP contribution in [0.2, 0.25) is 5.02 Å². The van der Waals surface area contributed by atoms with Crippen molar-refractivity contribution >= 4 is 11.6 Å². The van der Waals surface area contributed by atoms with Gasteiger partial charge in [0.25, 0.3) is 0 Å². The molecule has 1 rings (SSSR count). The first kappa shape index (κ1) is 10.5. The van der Waals surface area contributed by atoms with Gasteiger partial charge in [0.2, 0.25) is 0 Å². The second kappa shape index (κ2) is 4.07. The summed E-state index contributed by atoms with van der Waals surface area (Å²) in [6, 6.07) is 6.71. The summed E-state index contributed by atoms with van der Waals surface area (Å²) in [7, 11) is 0. The van der Waals surface area contributed by atoms with Crippen molar-refractivity contribution in [3.8, 4) is 0 Å². The fourth-order valence-electron chi connectivity index (χ4n) is 1.21. The van der Waals surface area contributed by atoms with E-state index in [0.717, 1.165) is 0 Å². The highest BCUT2D eigenvalue weighted by atomic mass is 35.5. The Labute approximate surface area is 82.7 Å². The lowest BCUT2D eigenvalue weighted by atomic mass is 9.93. The minimum atomic E-state index is -1.41. The van der Waals surface area contributed by atoms with Gasteiger partial charge in [-0.1, -0.05) is 30.7 Å². The summed E-state index contributed by atoms with van der Waals surface area (Å²) in [5.74, 6) is 0. The predicted octanol–water partition coefficient (Wildman–Crippen LogP) is 2.87. The molecule has 13 heavy (non-hydrogen) atoms. The molecule has 0 saturated carbocycles. The molecule has 0 bridgehead atoms. The van der Waals surface area contributed by atoms with Gasteiger partial charge in [0.15, 0.2) is 0 Å². The van der Waals surface area contributed by atoms with Gasteiger partial charge < -0.3 is 5.73 Å². The molecule has 0 fully saturated rings. The van der Waals surface area contributed by atoms with Gasteiger partial charge in [0.1, 0.15) is 5.67 Å². The third-order valence-electron chi connectivity index (χ3n) is 2.25. The quantitative estimate of drug-likeness (QED) is 0.800. The molecule has 1 atom stereocenters. The Bertz CT molecular complexity index is 267. The number of halogens is 2. The number of nitrogens with two attached hydrogens (primary N) is 1. The van der Waals surface area contributed by atoms with Gasteiger partial charge in [0, 0.05) is 11.6 Å². The molecular formula is C10H13ClFN. The van der Waals surface area contributed by atoms with Gasteiger partial charge in [0.05, 0.1) is 0 Å². The minimum Gasteiger partial charge on any atom is -0.327 e. The van der Waals surface area contributed by atoms with Crippen molar-refractivity contribution in [1.82, 2.24) is 0 Å². The smallest absolute Gasteiger partial charge is 0.147 e. The van der Waals surface area contributed by atoms with Crippen LogP contribution in [-0.4, -0.2) is 6.54 Å². The lowest BCUT2D eigenvalue weighted by Gasteiger charge is -2.22. The maximum absolute atomic E-state index is 13.9. The third-order valence-corrected chi connectivity index (χ3v) is 2.50. The molecule has 1 nitrogen and oxygen atoms in total. The summed E-state index contributed by atoms with van der Waals surface area (Å²) in [5.41, 5.74) is 4.57. The second-order valence-electron chi connectivity index (χ2n) is 3.03. The second-order valence-corrected chi connectivity index (χ2v) is 3.47. The Morgan fingerprint density at radius 2 is 1.92 bits per heavy atom. The van der Waals surface area contributed by atoms with E-state index in [1.54, 1.807) is 31.2 Å². The molecule has 0 aliphatic rings. The molecule has 1 aromatic rings. The van der Waals surface area contributed by atoms with E-state index in [0.29, 0.717) is 17.0 Å². The van der Waals surface area contributed by atoms with Gasteiger partial charge in [-0.2, -0.15) is 0 Å². The minimum absolute atomic E-state index is 0.00509. The Balaban J connectivity index is 2.99. The van der Waals surface area contributed by atoms with E-state index in [9.17, 15) is 4.39 Å². The predicted molar refractivity (Wildman–Crippen MR) is 53.6 cm³/mol. The highest BCUT2D eigenvalue weighted by molar-refractivity contribution is 6.30. The van der Waals surface area contributed by atoms with E-state index in [1.807, 2.05) is 0 Å². The van der Waals surface area contributed by atoms with E-state index in [-0.39, 0.29) is 6.54 Å². The molecule has 0 unspecified atom stereocenters. The normalized spacial score (nSPS) is 15.4. The Morgan fingerprint density at radius 3 is 2.31 bits per heavy atom. The molecule has 0 spiro atoms. The van der Waals surface area contributed by atoms with Gasteiger partial charge in [-0.15, -0.1) is 0 Å². The molecule has 0 aliphatic carbocycles. The van der Waals surface area contributed by atoms with Gasteiger partial charge >= 0.3 is 0 Å². The van der Waals surface area contributed by atoms with E-state index in [2.05, 4.69) is 0 Å². The van der Waals surface area contributed by atoms with Crippen LogP contribution in [0.5, 0.6) is 0 Å². The first-order valence-electron chi connectivity index (χ1n) is 4.27. The summed E-state index contributed by atoms with van der Waals surface area (Å²) in [6.45, 7) is 1.78. The number of hydrogen-bond donors (Lipinski definition) is 1. The average Bonchev–Trinajstić information content (AvgIpc) is 2.18. The summed E-state index contributed by atoms with van der Waals surface area (Å²) < 4.78 is 13.9. The maximum atomic E-state index is 13.9. The van der Waals surface area contributed by atoms with Crippen molar-refractivity contribution in [2.24, 2.45) is 5.73 Å². The van der Waals surface area contributed by atoms with Crippen LogP contribution in [0, 0.1) is 0 Å². The zero-order valence-corrected chi connectivity index (χ0v) is 8.31. The highest BCUT2D eigenvalue weighted by Gasteiger charge is 2.27. The molecule has 0 amide bonds. The topological polar surface area (TPSA) is 26.0 Å². The van der Waals surface area contributed by atoms with Gasteiger partial charge in [-0.25, -0.2) is 4.39 Å². The zero-order valence-electron chi connectivity index (χ0n) is 7.56. The summed E-state index contributed by atoms with van der Waals surface area (Å²) in [5, 5.41) is 0.610. The van der Waals surface area contributed by atoms with Crippen LogP contribution in [-0.2, 0) is 5.67 Å². The highest BCUT2D eigenvalue weighted by Crippen LogP contribution is 2.29. The number of hydrogen-bond acceptors (Lipinski definition) is 1. The Hall–Kier alpha value is -0.600. The first-order valence-corrected chi connectivity index (χ1v) is 4.65. The van der Waals surface area contributed by atoms with Crippen LogP contribution in [0.3, 0.4) is 0 Å². The van der Waals surface area contributed by atoms with Crippen molar-refractivity contribution in [2.45, 2.75) is 19.0 Å². The average molecular weight is 202 g/mol. The van der Waals surface area contributed by atoms with E-state index >= 15 is 0 Å². The molecule has 2 N–H and O–H groups in total. The zero-order chi connectivity index (χ0) is 9.90. The number of benzene rings is 1. The third kappa shape index (κ3) is 2.20. The Morgan fingerprint density at radius 1 is 1.38 bits per heavy atom. The van der Waals surface area contributed by atoms with Gasteiger partial charge in [-0.05, 0) is 24.1 Å². The van der Waals surface area contributed by atoms with E-state index in [4.69, 9.17) is 17.3 Å². The lowest BCUT2D eigenvalue weighted by Crippen LogP contribution is -2.29. The van der Waals surface area contributed by atoms with Gasteiger partial charge in [-0.3, -0.25) is 0 Å². The van der Waals surface area contributed by atoms with Crippen LogP contribution < -0.4 is 5.73 Å².